The van der Waals surface area contributed by atoms with Crippen molar-refractivity contribution in [1.82, 2.24) is 9.55 Å². The monoisotopic (exact) mass is 298 g/mol. The summed E-state index contributed by atoms with van der Waals surface area (Å²) < 4.78 is 6.97. The van der Waals surface area contributed by atoms with Crippen LogP contribution in [0.3, 0.4) is 0 Å². The lowest BCUT2D eigenvalue weighted by Gasteiger charge is -2.14. The molecule has 1 amide bonds. The van der Waals surface area contributed by atoms with Crippen LogP contribution in [-0.2, 0) is 6.42 Å². The number of amides is 1. The number of hydrogen-bond donors (Lipinski definition) is 1. The third kappa shape index (κ3) is 2.26. The van der Waals surface area contributed by atoms with E-state index in [4.69, 9.17) is 4.42 Å². The molecule has 0 radical (unpaired) electrons. The predicted molar refractivity (Wildman–Crippen MR) is 83.5 cm³/mol. The van der Waals surface area contributed by atoms with E-state index in [2.05, 4.69) is 28.8 Å². The molecule has 1 aliphatic rings. The lowest BCUT2D eigenvalue weighted by molar-refractivity contribution is 0.102. The van der Waals surface area contributed by atoms with Gasteiger partial charge in [-0.15, -0.1) is 0 Å². The number of rotatable bonds is 3. The first-order chi connectivity index (χ1) is 10.7. The van der Waals surface area contributed by atoms with Gasteiger partial charge in [0.1, 0.15) is 11.8 Å². The smallest absolute Gasteiger partial charge is 0.301 e. The van der Waals surface area contributed by atoms with Crippen molar-refractivity contribution < 1.29 is 9.21 Å². The zero-order valence-electron chi connectivity index (χ0n) is 12.7. The van der Waals surface area contributed by atoms with Crippen LogP contribution < -0.4 is 10.8 Å². The molecule has 0 saturated carbocycles. The molecule has 3 rings (SSSR count). The summed E-state index contributed by atoms with van der Waals surface area (Å²) in [5, 5.41) is 2.65. The lowest BCUT2D eigenvalue weighted by Crippen LogP contribution is -2.30. The SMILES string of the molecule is C=Cn1c2c(cc(C(=O)Nc3ncco3)c1=NC)C(C)CC2. The van der Waals surface area contributed by atoms with Gasteiger partial charge in [-0.3, -0.25) is 15.1 Å². The number of carbonyl (C=O) groups is 1. The predicted octanol–water partition coefficient (Wildman–Crippen LogP) is 2.41. The van der Waals surface area contributed by atoms with Crippen molar-refractivity contribution in [2.24, 2.45) is 4.99 Å². The molecule has 0 saturated heterocycles. The molecule has 1 atom stereocenters. The van der Waals surface area contributed by atoms with E-state index in [0.717, 1.165) is 12.8 Å². The van der Waals surface area contributed by atoms with E-state index in [1.807, 2.05) is 10.6 Å². The maximum atomic E-state index is 12.5. The van der Waals surface area contributed by atoms with E-state index in [0.29, 0.717) is 17.0 Å². The van der Waals surface area contributed by atoms with Gasteiger partial charge in [0.25, 0.3) is 5.91 Å². The largest absolute Gasteiger partial charge is 0.432 e. The van der Waals surface area contributed by atoms with Gasteiger partial charge in [-0.2, -0.15) is 0 Å². The molecule has 1 unspecified atom stereocenters. The standard InChI is InChI=1S/C16H18N4O2/c1-4-20-13-6-5-10(2)11(13)9-12(14(20)17-3)15(21)19-16-18-7-8-22-16/h4,7-10H,1,5-6H2,2-3H3,(H,18,19,21). The van der Waals surface area contributed by atoms with Gasteiger partial charge in [0.15, 0.2) is 0 Å². The highest BCUT2D eigenvalue weighted by Gasteiger charge is 2.25. The van der Waals surface area contributed by atoms with Crippen LogP contribution in [0.2, 0.25) is 0 Å². The Morgan fingerprint density at radius 2 is 2.45 bits per heavy atom. The molecule has 2 heterocycles. The van der Waals surface area contributed by atoms with E-state index >= 15 is 0 Å². The van der Waals surface area contributed by atoms with Gasteiger partial charge in [0, 0.05) is 18.9 Å². The molecule has 0 fully saturated rings. The normalized spacial score (nSPS) is 17.4. The Morgan fingerprint density at radius 3 is 3.09 bits per heavy atom. The van der Waals surface area contributed by atoms with Gasteiger partial charge in [-0.05, 0) is 30.4 Å². The zero-order valence-corrected chi connectivity index (χ0v) is 12.7. The average molecular weight is 298 g/mol. The fourth-order valence-corrected chi connectivity index (χ4v) is 2.94. The average Bonchev–Trinajstić information content (AvgIpc) is 3.15. The van der Waals surface area contributed by atoms with Crippen LogP contribution in [0.5, 0.6) is 0 Å². The topological polar surface area (TPSA) is 72.4 Å². The number of anilines is 1. The Hall–Kier alpha value is -2.63. The Kier molecular flexibility index (Phi) is 3.66. The van der Waals surface area contributed by atoms with Crippen molar-refractivity contribution in [2.45, 2.75) is 25.7 Å². The Morgan fingerprint density at radius 1 is 1.64 bits per heavy atom. The maximum absolute atomic E-state index is 12.5. The van der Waals surface area contributed by atoms with E-state index in [1.165, 1.54) is 23.7 Å². The zero-order chi connectivity index (χ0) is 15.7. The Bertz CT molecular complexity index is 787. The van der Waals surface area contributed by atoms with Crippen LogP contribution in [-0.4, -0.2) is 22.5 Å². The van der Waals surface area contributed by atoms with Crippen LogP contribution in [0.1, 0.15) is 40.9 Å². The molecule has 0 bridgehead atoms. The van der Waals surface area contributed by atoms with Crippen LogP contribution in [0.25, 0.3) is 6.20 Å². The summed E-state index contributed by atoms with van der Waals surface area (Å²) in [7, 11) is 1.67. The fourth-order valence-electron chi connectivity index (χ4n) is 2.94. The maximum Gasteiger partial charge on any atom is 0.301 e. The molecule has 114 valence electrons. The molecule has 0 aliphatic heterocycles. The van der Waals surface area contributed by atoms with Crippen molar-refractivity contribution in [3.05, 3.63) is 47.4 Å². The summed E-state index contributed by atoms with van der Waals surface area (Å²) in [4.78, 5) is 20.7. The quantitative estimate of drug-likeness (QED) is 0.945. The first kappa shape index (κ1) is 14.3. The van der Waals surface area contributed by atoms with Gasteiger partial charge in [0.05, 0.1) is 11.8 Å². The molecule has 2 aromatic rings. The number of aromatic nitrogens is 2. The van der Waals surface area contributed by atoms with E-state index in [9.17, 15) is 4.79 Å². The first-order valence-electron chi connectivity index (χ1n) is 7.20. The van der Waals surface area contributed by atoms with E-state index in [1.54, 1.807) is 13.2 Å². The molecular weight excluding hydrogens is 280 g/mol. The van der Waals surface area contributed by atoms with Crippen LogP contribution in [0.4, 0.5) is 6.01 Å². The summed E-state index contributed by atoms with van der Waals surface area (Å²) in [5.74, 6) is 0.126. The minimum Gasteiger partial charge on any atom is -0.432 e. The third-order valence-electron chi connectivity index (χ3n) is 4.03. The first-order valence-corrected chi connectivity index (χ1v) is 7.20. The van der Waals surface area contributed by atoms with Crippen LogP contribution >= 0.6 is 0 Å². The lowest BCUT2D eigenvalue weighted by atomic mass is 10.0. The second-order valence-electron chi connectivity index (χ2n) is 5.29. The number of nitrogens with one attached hydrogen (secondary N) is 1. The van der Waals surface area contributed by atoms with Gasteiger partial charge in [0.2, 0.25) is 0 Å². The van der Waals surface area contributed by atoms with Crippen molar-refractivity contribution in [2.75, 3.05) is 12.4 Å². The second kappa shape index (κ2) is 5.63. The molecule has 6 nitrogen and oxygen atoms in total. The Labute approximate surface area is 128 Å². The number of pyridine rings is 1. The number of fused-ring (bicyclic) bond motifs is 1. The Balaban J connectivity index is 2.13. The minimum atomic E-state index is -0.291. The second-order valence-corrected chi connectivity index (χ2v) is 5.29. The van der Waals surface area contributed by atoms with Crippen molar-refractivity contribution in [3.8, 4) is 0 Å². The molecule has 1 N–H and O–H groups in total. The fraction of sp³-hybridized carbons (Fsp3) is 0.312. The molecule has 6 heteroatoms. The summed E-state index contributed by atoms with van der Waals surface area (Å²) in [6, 6.07) is 2.10. The molecule has 1 aliphatic carbocycles. The molecule has 0 spiro atoms. The van der Waals surface area contributed by atoms with Crippen molar-refractivity contribution >= 4 is 18.1 Å². The van der Waals surface area contributed by atoms with Gasteiger partial charge in [-0.25, -0.2) is 4.98 Å². The third-order valence-corrected chi connectivity index (χ3v) is 4.03. The highest BCUT2D eigenvalue weighted by atomic mass is 16.4. The molecule has 2 aromatic heterocycles. The number of hydrogen-bond acceptors (Lipinski definition) is 4. The number of nitrogens with zero attached hydrogens (tertiary/aromatic N) is 3. The highest BCUT2D eigenvalue weighted by Crippen LogP contribution is 2.32. The summed E-state index contributed by atoms with van der Waals surface area (Å²) in [6.45, 7) is 6.02. The van der Waals surface area contributed by atoms with E-state index in [-0.39, 0.29) is 11.9 Å². The summed E-state index contributed by atoms with van der Waals surface area (Å²) in [5.41, 5.74) is 3.43. The van der Waals surface area contributed by atoms with Gasteiger partial charge < -0.3 is 8.98 Å². The van der Waals surface area contributed by atoms with Crippen molar-refractivity contribution in [3.63, 3.8) is 0 Å². The van der Waals surface area contributed by atoms with Crippen LogP contribution in [0, 0.1) is 0 Å². The molecular formula is C16H18N4O2. The van der Waals surface area contributed by atoms with Gasteiger partial charge in [-0.1, -0.05) is 13.5 Å². The summed E-state index contributed by atoms with van der Waals surface area (Å²) >= 11 is 0. The number of carbonyl (C=O) groups excluding carboxylic acids is 1. The van der Waals surface area contributed by atoms with Crippen molar-refractivity contribution in [1.29, 1.82) is 0 Å². The number of oxazole rings is 1. The van der Waals surface area contributed by atoms with E-state index < -0.39 is 0 Å². The molecule has 0 aromatic carbocycles. The minimum absolute atomic E-state index is 0.172. The van der Waals surface area contributed by atoms with Crippen LogP contribution in [0.15, 0.2) is 34.5 Å². The summed E-state index contributed by atoms with van der Waals surface area (Å²) in [6.07, 6.45) is 6.63. The van der Waals surface area contributed by atoms with Gasteiger partial charge >= 0.3 is 6.01 Å². The highest BCUT2D eigenvalue weighted by molar-refractivity contribution is 6.03. The molecule has 22 heavy (non-hydrogen) atoms.